The third-order valence-electron chi connectivity index (χ3n) is 4.86. The van der Waals surface area contributed by atoms with Crippen LogP contribution in [0.2, 0.25) is 0 Å². The van der Waals surface area contributed by atoms with Gasteiger partial charge in [0.2, 0.25) is 0 Å². The molecular formula is C20H17NO3S. The molecule has 4 rings (SSSR count). The van der Waals surface area contributed by atoms with Gasteiger partial charge in [0.25, 0.3) is 0 Å². The van der Waals surface area contributed by atoms with Gasteiger partial charge in [-0.25, -0.2) is 9.78 Å². The van der Waals surface area contributed by atoms with Crippen molar-refractivity contribution in [3.05, 3.63) is 81.3 Å². The number of fused-ring (bicyclic) bond motifs is 1. The average Bonchev–Trinajstić information content (AvgIpc) is 3.27. The molecule has 1 N–H and O–H groups in total. The maximum Gasteiger partial charge on any atom is 0.355 e. The highest BCUT2D eigenvalue weighted by molar-refractivity contribution is 7.10. The van der Waals surface area contributed by atoms with E-state index in [9.17, 15) is 9.90 Å². The molecule has 1 heterocycles. The molecule has 1 aliphatic carbocycles. The lowest BCUT2D eigenvalue weighted by atomic mass is 9.77. The molecule has 0 bridgehead atoms. The smallest absolute Gasteiger partial charge is 0.355 e. The first-order chi connectivity index (χ1) is 12.1. The van der Waals surface area contributed by atoms with Crippen LogP contribution in [-0.2, 0) is 18.3 Å². The number of methoxy groups -OCH3 is 1. The lowest BCUT2D eigenvalue weighted by molar-refractivity contribution is 0.0691. The van der Waals surface area contributed by atoms with Crippen LogP contribution in [0.3, 0.4) is 0 Å². The van der Waals surface area contributed by atoms with Crippen molar-refractivity contribution in [2.45, 2.75) is 18.3 Å². The summed E-state index contributed by atoms with van der Waals surface area (Å²) in [6.45, 7) is 0. The summed E-state index contributed by atoms with van der Waals surface area (Å²) < 4.78 is 5.62. The molecule has 4 nitrogen and oxygen atoms in total. The van der Waals surface area contributed by atoms with Crippen LogP contribution in [0.15, 0.2) is 53.9 Å². The molecule has 25 heavy (non-hydrogen) atoms. The lowest BCUT2D eigenvalue weighted by Gasteiger charge is -2.29. The van der Waals surface area contributed by atoms with Gasteiger partial charge in [-0.1, -0.05) is 42.5 Å². The summed E-state index contributed by atoms with van der Waals surface area (Å²) in [5.41, 5.74) is 3.32. The average molecular weight is 351 g/mol. The van der Waals surface area contributed by atoms with Crippen LogP contribution >= 0.6 is 11.3 Å². The lowest BCUT2D eigenvalue weighted by Crippen LogP contribution is -2.29. The quantitative estimate of drug-likeness (QED) is 0.774. The van der Waals surface area contributed by atoms with Crippen molar-refractivity contribution in [3.8, 4) is 5.75 Å². The highest BCUT2D eigenvalue weighted by atomic mass is 32.1. The van der Waals surface area contributed by atoms with Crippen molar-refractivity contribution in [1.29, 1.82) is 0 Å². The second kappa shape index (κ2) is 6.01. The SMILES string of the molecule is COc1ccccc1C1(c2nc(C(=O)O)cs2)Cc2ccccc2C1. The summed E-state index contributed by atoms with van der Waals surface area (Å²) in [5, 5.41) is 11.7. The zero-order valence-corrected chi connectivity index (χ0v) is 14.5. The van der Waals surface area contributed by atoms with Gasteiger partial charge >= 0.3 is 5.97 Å². The Morgan fingerprint density at radius 3 is 2.36 bits per heavy atom. The normalized spacial score (nSPS) is 14.9. The fraction of sp³-hybridized carbons (Fsp3) is 0.200. The Morgan fingerprint density at radius 2 is 1.76 bits per heavy atom. The molecule has 0 radical (unpaired) electrons. The summed E-state index contributed by atoms with van der Waals surface area (Å²) in [7, 11) is 1.67. The number of nitrogens with zero attached hydrogens (tertiary/aromatic N) is 1. The zero-order chi connectivity index (χ0) is 17.4. The number of benzene rings is 2. The number of aromatic carboxylic acids is 1. The van der Waals surface area contributed by atoms with Crippen LogP contribution in [-0.4, -0.2) is 23.2 Å². The number of carbonyl (C=O) groups is 1. The Balaban J connectivity index is 1.92. The summed E-state index contributed by atoms with van der Waals surface area (Å²) in [5.74, 6) is -0.185. The number of thiazole rings is 1. The summed E-state index contributed by atoms with van der Waals surface area (Å²) >= 11 is 1.41. The van der Waals surface area contributed by atoms with Gasteiger partial charge in [0, 0.05) is 10.9 Å². The van der Waals surface area contributed by atoms with Gasteiger partial charge in [-0.05, 0) is 30.0 Å². The maximum absolute atomic E-state index is 11.3. The molecule has 126 valence electrons. The van der Waals surface area contributed by atoms with E-state index in [2.05, 4.69) is 23.2 Å². The molecule has 0 fully saturated rings. The van der Waals surface area contributed by atoms with Crippen LogP contribution in [0.4, 0.5) is 0 Å². The molecule has 0 amide bonds. The van der Waals surface area contributed by atoms with Gasteiger partial charge < -0.3 is 9.84 Å². The minimum atomic E-state index is -0.992. The van der Waals surface area contributed by atoms with Crippen molar-refractivity contribution in [1.82, 2.24) is 4.98 Å². The second-order valence-electron chi connectivity index (χ2n) is 6.25. The van der Waals surface area contributed by atoms with E-state index in [4.69, 9.17) is 4.74 Å². The molecule has 0 atom stereocenters. The Hall–Kier alpha value is -2.66. The van der Waals surface area contributed by atoms with Crippen molar-refractivity contribution >= 4 is 17.3 Å². The predicted molar refractivity (Wildman–Crippen MR) is 96.7 cm³/mol. The van der Waals surface area contributed by atoms with E-state index >= 15 is 0 Å². The number of hydrogen-bond donors (Lipinski definition) is 1. The van der Waals surface area contributed by atoms with Gasteiger partial charge in [-0.2, -0.15) is 0 Å². The fourth-order valence-corrected chi connectivity index (χ4v) is 4.71. The molecule has 0 spiro atoms. The first-order valence-corrected chi connectivity index (χ1v) is 8.91. The topological polar surface area (TPSA) is 59.4 Å². The largest absolute Gasteiger partial charge is 0.496 e. The Morgan fingerprint density at radius 1 is 1.12 bits per heavy atom. The second-order valence-corrected chi connectivity index (χ2v) is 7.11. The van der Waals surface area contributed by atoms with E-state index in [-0.39, 0.29) is 5.69 Å². The van der Waals surface area contributed by atoms with Gasteiger partial charge in [0.1, 0.15) is 10.8 Å². The van der Waals surface area contributed by atoms with Crippen LogP contribution in [0.1, 0.15) is 32.2 Å². The van der Waals surface area contributed by atoms with Crippen LogP contribution < -0.4 is 4.74 Å². The Labute approximate surface area is 149 Å². The number of aromatic nitrogens is 1. The minimum Gasteiger partial charge on any atom is -0.496 e. The molecule has 0 unspecified atom stereocenters. The monoisotopic (exact) mass is 351 g/mol. The molecule has 1 aromatic heterocycles. The molecule has 5 heteroatoms. The van der Waals surface area contributed by atoms with E-state index < -0.39 is 11.4 Å². The summed E-state index contributed by atoms with van der Waals surface area (Å²) in [6, 6.07) is 16.3. The highest BCUT2D eigenvalue weighted by Crippen LogP contribution is 2.48. The number of para-hydroxylation sites is 1. The van der Waals surface area contributed by atoms with E-state index in [1.165, 1.54) is 22.5 Å². The third-order valence-corrected chi connectivity index (χ3v) is 5.90. The van der Waals surface area contributed by atoms with Crippen molar-refractivity contribution in [3.63, 3.8) is 0 Å². The third kappa shape index (κ3) is 2.51. The van der Waals surface area contributed by atoms with E-state index in [1.807, 2.05) is 30.3 Å². The number of carboxylic acids is 1. The molecule has 0 aliphatic heterocycles. The minimum absolute atomic E-state index is 0.102. The summed E-state index contributed by atoms with van der Waals surface area (Å²) in [6.07, 6.45) is 1.58. The number of rotatable bonds is 4. The van der Waals surface area contributed by atoms with Crippen molar-refractivity contribution in [2.24, 2.45) is 0 Å². The molecule has 3 aromatic rings. The number of carboxylic acid groups (broad SMARTS) is 1. The molecular weight excluding hydrogens is 334 g/mol. The molecule has 2 aromatic carbocycles. The van der Waals surface area contributed by atoms with E-state index in [0.29, 0.717) is 0 Å². The van der Waals surface area contributed by atoms with E-state index in [0.717, 1.165) is 29.2 Å². The van der Waals surface area contributed by atoms with Crippen LogP contribution in [0.25, 0.3) is 0 Å². The highest BCUT2D eigenvalue weighted by Gasteiger charge is 2.44. The standard InChI is InChI=1S/C20H17NO3S/c1-24-17-9-5-4-8-15(17)20(19-21-16(12-25-19)18(22)23)10-13-6-2-3-7-14(13)11-20/h2-9,12H,10-11H2,1H3,(H,22,23). The predicted octanol–water partition coefficient (Wildman–Crippen LogP) is 3.93. The molecule has 0 saturated heterocycles. The fourth-order valence-electron chi connectivity index (χ4n) is 3.70. The van der Waals surface area contributed by atoms with Crippen LogP contribution in [0.5, 0.6) is 5.75 Å². The first kappa shape index (κ1) is 15.8. The molecule has 0 saturated carbocycles. The Bertz CT molecular complexity index is 922. The van der Waals surface area contributed by atoms with Crippen LogP contribution in [0, 0.1) is 0 Å². The van der Waals surface area contributed by atoms with Gasteiger partial charge in [0.15, 0.2) is 5.69 Å². The van der Waals surface area contributed by atoms with Gasteiger partial charge in [-0.15, -0.1) is 11.3 Å². The number of hydrogen-bond acceptors (Lipinski definition) is 4. The van der Waals surface area contributed by atoms with Gasteiger partial charge in [0.05, 0.1) is 12.5 Å². The summed E-state index contributed by atoms with van der Waals surface area (Å²) in [4.78, 5) is 15.8. The zero-order valence-electron chi connectivity index (χ0n) is 13.7. The van der Waals surface area contributed by atoms with E-state index in [1.54, 1.807) is 12.5 Å². The van der Waals surface area contributed by atoms with Gasteiger partial charge in [-0.3, -0.25) is 0 Å². The van der Waals surface area contributed by atoms with Crippen molar-refractivity contribution < 1.29 is 14.6 Å². The van der Waals surface area contributed by atoms with Crippen molar-refractivity contribution in [2.75, 3.05) is 7.11 Å². The number of ether oxygens (including phenoxy) is 1. The molecule has 1 aliphatic rings. The first-order valence-electron chi connectivity index (χ1n) is 8.03. The Kier molecular flexibility index (Phi) is 3.81. The maximum atomic E-state index is 11.3.